The van der Waals surface area contributed by atoms with Gasteiger partial charge >= 0.3 is 0 Å². The van der Waals surface area contributed by atoms with Crippen molar-refractivity contribution in [3.63, 3.8) is 0 Å². The first kappa shape index (κ1) is 18.5. The second kappa shape index (κ2) is 9.45. The molecule has 0 bridgehead atoms. The van der Waals surface area contributed by atoms with Crippen molar-refractivity contribution in [1.82, 2.24) is 9.97 Å². The van der Waals surface area contributed by atoms with Crippen molar-refractivity contribution >= 4 is 23.9 Å². The second-order valence-corrected chi connectivity index (χ2v) is 6.92. The highest BCUT2D eigenvalue weighted by atomic mass is 15.2. The minimum Gasteiger partial charge on any atom is -0.362 e. The smallest absolute Gasteiger partial charge is 0.225 e. The first-order valence-electron chi connectivity index (χ1n) is 9.28. The van der Waals surface area contributed by atoms with Crippen LogP contribution < -0.4 is 20.8 Å². The fraction of sp³-hybridized carbons (Fsp3) is 0.600. The number of fused-ring (bicyclic) bond motifs is 1. The second-order valence-electron chi connectivity index (χ2n) is 6.92. The van der Waals surface area contributed by atoms with Gasteiger partial charge < -0.3 is 10.2 Å². The lowest BCUT2D eigenvalue weighted by Crippen LogP contribution is -2.35. The molecule has 0 radical (unpaired) electrons. The topological polar surface area (TPSA) is 41.1 Å². The number of unbranched alkanes of at least 4 members (excludes halogenated alkanes) is 1. The molecule has 24 heavy (non-hydrogen) atoms. The van der Waals surface area contributed by atoms with Gasteiger partial charge in [0.1, 0.15) is 5.82 Å². The van der Waals surface area contributed by atoms with Crippen LogP contribution in [-0.4, -0.2) is 30.6 Å². The molecule has 132 valence electrons. The number of hydrogen-bond acceptors (Lipinski definition) is 4. The zero-order chi connectivity index (χ0) is 17.4. The van der Waals surface area contributed by atoms with E-state index in [1.165, 1.54) is 32.1 Å². The molecule has 0 saturated carbocycles. The van der Waals surface area contributed by atoms with Crippen LogP contribution in [0.2, 0.25) is 0 Å². The zero-order valence-electron chi connectivity index (χ0n) is 15.7. The number of hydrogen-bond donors (Lipinski definition) is 1. The molecule has 1 N–H and O–H groups in total. The number of rotatable bonds is 9. The SMILES string of the molecule is CCCC[C@H](C)CCCNc1nc(N(C)C)c2c(n1)=CCC=CC=2. The van der Waals surface area contributed by atoms with Crippen LogP contribution in [-0.2, 0) is 0 Å². The Balaban J connectivity index is 2.01. The van der Waals surface area contributed by atoms with Crippen LogP contribution in [0.3, 0.4) is 0 Å². The molecule has 1 aromatic rings. The largest absolute Gasteiger partial charge is 0.362 e. The summed E-state index contributed by atoms with van der Waals surface area (Å²) in [5.74, 6) is 2.53. The van der Waals surface area contributed by atoms with Gasteiger partial charge in [0.15, 0.2) is 0 Å². The molecular weight excluding hydrogens is 296 g/mol. The van der Waals surface area contributed by atoms with E-state index in [0.29, 0.717) is 0 Å². The van der Waals surface area contributed by atoms with Gasteiger partial charge in [-0.25, -0.2) is 4.98 Å². The number of nitrogens with one attached hydrogen (secondary N) is 1. The molecule has 0 unspecified atom stereocenters. The van der Waals surface area contributed by atoms with Crippen molar-refractivity contribution in [2.75, 3.05) is 30.9 Å². The van der Waals surface area contributed by atoms with Crippen LogP contribution in [0.5, 0.6) is 0 Å². The van der Waals surface area contributed by atoms with Crippen molar-refractivity contribution < 1.29 is 0 Å². The third kappa shape index (κ3) is 5.36. The molecule has 2 rings (SSSR count). The Morgan fingerprint density at radius 3 is 2.75 bits per heavy atom. The molecule has 4 nitrogen and oxygen atoms in total. The Morgan fingerprint density at radius 1 is 1.21 bits per heavy atom. The molecule has 0 spiro atoms. The van der Waals surface area contributed by atoms with E-state index in [0.717, 1.165) is 41.2 Å². The molecule has 0 fully saturated rings. The maximum Gasteiger partial charge on any atom is 0.225 e. The van der Waals surface area contributed by atoms with Crippen molar-refractivity contribution in [2.24, 2.45) is 5.92 Å². The van der Waals surface area contributed by atoms with E-state index in [2.05, 4.69) is 48.4 Å². The minimum absolute atomic E-state index is 0.741. The number of allylic oxidation sites excluding steroid dienone is 2. The van der Waals surface area contributed by atoms with E-state index in [4.69, 9.17) is 9.97 Å². The van der Waals surface area contributed by atoms with E-state index in [-0.39, 0.29) is 0 Å². The third-order valence-electron chi connectivity index (χ3n) is 4.43. The van der Waals surface area contributed by atoms with Crippen molar-refractivity contribution in [3.05, 3.63) is 22.7 Å². The average molecular weight is 329 g/mol. The quantitative estimate of drug-likeness (QED) is 0.707. The van der Waals surface area contributed by atoms with Crippen LogP contribution in [0.1, 0.15) is 52.4 Å². The molecule has 1 aliphatic carbocycles. The summed E-state index contributed by atoms with van der Waals surface area (Å²) in [6.07, 6.45) is 15.8. The molecule has 4 heteroatoms. The molecule has 0 saturated heterocycles. The van der Waals surface area contributed by atoms with E-state index in [9.17, 15) is 0 Å². The van der Waals surface area contributed by atoms with Crippen LogP contribution in [0.25, 0.3) is 12.2 Å². The van der Waals surface area contributed by atoms with Gasteiger partial charge in [-0.3, -0.25) is 0 Å². The standard InChI is InChI=1S/C20H32N4/c1-5-6-11-16(2)12-10-15-21-20-22-18-14-9-7-8-13-17(18)19(23-20)24(3)4/h7-8,13-14,16H,5-6,9-12,15H2,1-4H3,(H,21,22)/t16-/m0/s1. The highest BCUT2D eigenvalue weighted by molar-refractivity contribution is 5.54. The van der Waals surface area contributed by atoms with E-state index < -0.39 is 0 Å². The summed E-state index contributed by atoms with van der Waals surface area (Å²) in [4.78, 5) is 11.5. The Kier molecular flexibility index (Phi) is 7.29. The predicted octanol–water partition coefficient (Wildman–Crippen LogP) is 3.08. The summed E-state index contributed by atoms with van der Waals surface area (Å²) < 4.78 is 0. The van der Waals surface area contributed by atoms with Crippen LogP contribution >= 0.6 is 0 Å². The highest BCUT2D eigenvalue weighted by Gasteiger charge is 2.07. The fourth-order valence-corrected chi connectivity index (χ4v) is 2.98. The Bertz CT molecular complexity index is 661. The van der Waals surface area contributed by atoms with Crippen LogP contribution in [0.4, 0.5) is 11.8 Å². The third-order valence-corrected chi connectivity index (χ3v) is 4.43. The average Bonchev–Trinajstić information content (AvgIpc) is 2.81. The van der Waals surface area contributed by atoms with E-state index >= 15 is 0 Å². The maximum atomic E-state index is 4.71. The molecule has 0 amide bonds. The molecular formula is C20H32N4. The lowest BCUT2D eigenvalue weighted by Gasteiger charge is -2.15. The molecule has 0 aliphatic heterocycles. The molecule has 1 aromatic heterocycles. The van der Waals surface area contributed by atoms with Crippen LogP contribution in [0, 0.1) is 5.92 Å². The van der Waals surface area contributed by atoms with Gasteiger partial charge in [-0.05, 0) is 31.3 Å². The van der Waals surface area contributed by atoms with E-state index in [1.807, 2.05) is 14.1 Å². The lowest BCUT2D eigenvalue weighted by atomic mass is 9.99. The summed E-state index contributed by atoms with van der Waals surface area (Å²) in [5, 5.41) is 5.55. The van der Waals surface area contributed by atoms with Gasteiger partial charge in [0.25, 0.3) is 0 Å². The van der Waals surface area contributed by atoms with Gasteiger partial charge in [-0.1, -0.05) is 51.3 Å². The van der Waals surface area contributed by atoms with Crippen molar-refractivity contribution in [2.45, 2.75) is 52.4 Å². The molecule has 1 atom stereocenters. The summed E-state index contributed by atoms with van der Waals surface area (Å²) >= 11 is 0. The number of anilines is 2. The predicted molar refractivity (Wildman–Crippen MR) is 105 cm³/mol. The molecule has 1 aliphatic rings. The van der Waals surface area contributed by atoms with E-state index in [1.54, 1.807) is 0 Å². The lowest BCUT2D eigenvalue weighted by molar-refractivity contribution is 0.462. The maximum absolute atomic E-state index is 4.71. The first-order chi connectivity index (χ1) is 11.6. The minimum atomic E-state index is 0.741. The Morgan fingerprint density at radius 2 is 2.00 bits per heavy atom. The van der Waals surface area contributed by atoms with Crippen LogP contribution in [0.15, 0.2) is 12.2 Å². The van der Waals surface area contributed by atoms with Gasteiger partial charge in [0, 0.05) is 25.9 Å². The summed E-state index contributed by atoms with van der Waals surface area (Å²) in [7, 11) is 4.06. The summed E-state index contributed by atoms with van der Waals surface area (Å²) in [6.45, 7) is 5.55. The van der Waals surface area contributed by atoms with Gasteiger partial charge in [0.2, 0.25) is 5.95 Å². The summed E-state index contributed by atoms with van der Waals surface area (Å²) in [5.41, 5.74) is 0. The first-order valence-corrected chi connectivity index (χ1v) is 9.28. The number of aromatic nitrogens is 2. The van der Waals surface area contributed by atoms with Crippen molar-refractivity contribution in [3.8, 4) is 0 Å². The summed E-state index contributed by atoms with van der Waals surface area (Å²) in [6, 6.07) is 0. The fourth-order valence-electron chi connectivity index (χ4n) is 2.98. The van der Waals surface area contributed by atoms with Gasteiger partial charge in [-0.15, -0.1) is 0 Å². The van der Waals surface area contributed by atoms with Gasteiger partial charge in [-0.2, -0.15) is 4.98 Å². The molecule has 0 aromatic carbocycles. The monoisotopic (exact) mass is 328 g/mol. The normalized spacial score (nSPS) is 14.2. The zero-order valence-corrected chi connectivity index (χ0v) is 15.7. The Labute approximate surface area is 146 Å². The number of nitrogens with zero attached hydrogens (tertiary/aromatic N) is 3. The van der Waals surface area contributed by atoms with Gasteiger partial charge in [0.05, 0.1) is 5.35 Å². The highest BCUT2D eigenvalue weighted by Crippen LogP contribution is 2.13. The Hall–Kier alpha value is -1.84. The van der Waals surface area contributed by atoms with Crippen molar-refractivity contribution in [1.29, 1.82) is 0 Å². The molecule has 1 heterocycles.